The summed E-state index contributed by atoms with van der Waals surface area (Å²) >= 11 is 0. The van der Waals surface area contributed by atoms with E-state index in [0.29, 0.717) is 5.57 Å². The summed E-state index contributed by atoms with van der Waals surface area (Å²) in [6.45, 7) is 9.18. The summed E-state index contributed by atoms with van der Waals surface area (Å²) in [5.41, 5.74) is -6.24. The van der Waals surface area contributed by atoms with Crippen molar-refractivity contribution in [3.8, 4) is 0 Å². The van der Waals surface area contributed by atoms with Crippen LogP contribution in [0, 0.1) is 39.4 Å². The van der Waals surface area contributed by atoms with Crippen molar-refractivity contribution in [1.29, 1.82) is 0 Å². The molecule has 0 amide bonds. The second-order valence-electron chi connectivity index (χ2n) is 14.0. The molecule has 222 valence electrons. The van der Waals surface area contributed by atoms with E-state index in [9.17, 15) is 49.5 Å². The maximum atomic E-state index is 14.1. The molecular formula is C30H42O10. The highest BCUT2D eigenvalue weighted by Gasteiger charge is 2.71. The van der Waals surface area contributed by atoms with Gasteiger partial charge in [0.05, 0.1) is 23.5 Å². The van der Waals surface area contributed by atoms with Gasteiger partial charge in [-0.05, 0) is 55.4 Å². The normalized spacial score (nSPS) is 43.5. The molecule has 10 heteroatoms. The number of hydrogen-bond acceptors (Lipinski definition) is 9. The molecule has 4 aliphatic rings. The Morgan fingerprint density at radius 2 is 1.68 bits per heavy atom. The number of ketones is 4. The minimum absolute atomic E-state index is 0.0417. The van der Waals surface area contributed by atoms with Crippen molar-refractivity contribution in [2.24, 2.45) is 39.4 Å². The molecule has 2 saturated carbocycles. The standard InChI is InChI=1S/C30H42O10/c1-14(7-15(32)10-29(5,40)25(38)39)16-8-21(36)30(6)23-17(33)9-20-26(2,22(23)18(34)12-28(16,30)4)11-19(35)24(37)27(20,3)13-31/h14,16-17,19-20,31,33,35,40H,7-13H2,1-6H3,(H,38,39)/t14?,16-,17+,19?,20-,26+,27?,28-,29?,30+/m1/s1. The number of rotatable bonds is 7. The van der Waals surface area contributed by atoms with Crippen LogP contribution in [0.2, 0.25) is 0 Å². The summed E-state index contributed by atoms with van der Waals surface area (Å²) in [4.78, 5) is 65.0. The fraction of sp³-hybridized carbons (Fsp3) is 0.767. The Labute approximate surface area is 233 Å². The highest BCUT2D eigenvalue weighted by atomic mass is 16.4. The van der Waals surface area contributed by atoms with Crippen LogP contribution >= 0.6 is 0 Å². The Balaban J connectivity index is 1.77. The molecule has 0 bridgehead atoms. The van der Waals surface area contributed by atoms with Crippen molar-refractivity contribution >= 4 is 29.1 Å². The van der Waals surface area contributed by atoms with Crippen molar-refractivity contribution in [2.45, 2.75) is 97.9 Å². The van der Waals surface area contributed by atoms with Crippen LogP contribution in [0.5, 0.6) is 0 Å². The van der Waals surface area contributed by atoms with Gasteiger partial charge < -0.3 is 25.5 Å². The van der Waals surface area contributed by atoms with Crippen molar-refractivity contribution in [1.82, 2.24) is 0 Å². The van der Waals surface area contributed by atoms with E-state index in [4.69, 9.17) is 0 Å². The van der Waals surface area contributed by atoms with Gasteiger partial charge in [-0.15, -0.1) is 0 Å². The molecule has 10 nitrogen and oxygen atoms in total. The van der Waals surface area contributed by atoms with Crippen molar-refractivity contribution in [3.05, 3.63) is 11.1 Å². The topological polar surface area (TPSA) is 186 Å². The van der Waals surface area contributed by atoms with Gasteiger partial charge in [0, 0.05) is 36.7 Å². The largest absolute Gasteiger partial charge is 0.479 e. The highest BCUT2D eigenvalue weighted by Crippen LogP contribution is 2.70. The first kappa shape index (κ1) is 30.7. The Hall–Kier alpha value is -2.27. The van der Waals surface area contributed by atoms with Gasteiger partial charge in [-0.3, -0.25) is 19.2 Å². The van der Waals surface area contributed by atoms with E-state index in [-0.39, 0.29) is 49.2 Å². The molecule has 0 saturated heterocycles. The quantitative estimate of drug-likeness (QED) is 0.304. The maximum absolute atomic E-state index is 14.1. The number of aliphatic hydroxyl groups is 4. The molecule has 5 N–H and O–H groups in total. The summed E-state index contributed by atoms with van der Waals surface area (Å²) in [6.07, 6.45) is -3.29. The van der Waals surface area contributed by atoms with E-state index in [2.05, 4.69) is 0 Å². The lowest BCUT2D eigenvalue weighted by atomic mass is 9.42. The SMILES string of the molecule is CC(CC(=O)CC(C)(O)C(=O)O)[C@H]1CC(=O)[C@@]2(C)C3=C(C(=O)C[C@]12C)[C@@]1(C)CC(O)C(=O)C(C)(CO)[C@@H]1C[C@@H]3O. The molecule has 4 aliphatic carbocycles. The monoisotopic (exact) mass is 562 g/mol. The third kappa shape index (κ3) is 3.93. The number of fused-ring (bicyclic) bond motifs is 4. The van der Waals surface area contributed by atoms with Crippen LogP contribution in [-0.4, -0.2) is 79.1 Å². The lowest BCUT2D eigenvalue weighted by Crippen LogP contribution is -2.63. The molecule has 10 atom stereocenters. The van der Waals surface area contributed by atoms with Gasteiger partial charge in [0.25, 0.3) is 0 Å². The number of carboxylic acids is 1. The number of carboxylic acid groups (broad SMARTS) is 1. The Kier molecular flexibility index (Phi) is 7.19. The third-order valence-corrected chi connectivity index (χ3v) is 11.5. The van der Waals surface area contributed by atoms with Crippen molar-refractivity contribution in [2.75, 3.05) is 6.61 Å². The molecule has 0 aromatic heterocycles. The fourth-order valence-electron chi connectivity index (χ4n) is 9.11. The van der Waals surface area contributed by atoms with Crippen LogP contribution in [0.15, 0.2) is 11.1 Å². The zero-order valence-corrected chi connectivity index (χ0v) is 24.1. The van der Waals surface area contributed by atoms with Gasteiger partial charge in [-0.25, -0.2) is 4.79 Å². The predicted molar refractivity (Wildman–Crippen MR) is 141 cm³/mol. The number of carbonyl (C=O) groups is 5. The van der Waals surface area contributed by atoms with Crippen LogP contribution in [-0.2, 0) is 24.0 Å². The molecule has 0 spiro atoms. The summed E-state index contributed by atoms with van der Waals surface area (Å²) < 4.78 is 0. The number of Topliss-reactive ketones (excluding diaryl/α,β-unsaturated/α-hetero) is 4. The zero-order valence-electron chi connectivity index (χ0n) is 24.1. The van der Waals surface area contributed by atoms with Gasteiger partial charge in [-0.2, -0.15) is 0 Å². The summed E-state index contributed by atoms with van der Waals surface area (Å²) in [5, 5.41) is 51.8. The average molecular weight is 563 g/mol. The fourth-order valence-corrected chi connectivity index (χ4v) is 9.11. The molecule has 0 heterocycles. The summed E-state index contributed by atoms with van der Waals surface area (Å²) in [5.74, 6) is -4.43. The first-order valence-corrected chi connectivity index (χ1v) is 14.0. The minimum Gasteiger partial charge on any atom is -0.479 e. The predicted octanol–water partition coefficient (Wildman–Crippen LogP) is 1.40. The molecule has 0 aromatic rings. The van der Waals surface area contributed by atoms with Crippen LogP contribution in [0.1, 0.15) is 80.1 Å². The van der Waals surface area contributed by atoms with E-state index in [1.165, 1.54) is 0 Å². The first-order chi connectivity index (χ1) is 18.2. The molecular weight excluding hydrogens is 520 g/mol. The number of aliphatic hydroxyl groups excluding tert-OH is 3. The van der Waals surface area contributed by atoms with Crippen LogP contribution in [0.3, 0.4) is 0 Å². The number of hydrogen-bond donors (Lipinski definition) is 5. The molecule has 0 aliphatic heterocycles. The molecule has 40 heavy (non-hydrogen) atoms. The average Bonchev–Trinajstić information content (AvgIpc) is 3.04. The van der Waals surface area contributed by atoms with Crippen LogP contribution < -0.4 is 0 Å². The van der Waals surface area contributed by atoms with E-state index in [0.717, 1.165) is 6.92 Å². The summed E-state index contributed by atoms with van der Waals surface area (Å²) in [6, 6.07) is 0. The van der Waals surface area contributed by atoms with E-state index in [1.54, 1.807) is 27.7 Å². The Morgan fingerprint density at radius 1 is 1.07 bits per heavy atom. The van der Waals surface area contributed by atoms with Gasteiger partial charge >= 0.3 is 5.97 Å². The minimum atomic E-state index is -2.21. The van der Waals surface area contributed by atoms with Crippen molar-refractivity contribution < 1.29 is 49.5 Å². The van der Waals surface area contributed by atoms with Crippen molar-refractivity contribution in [3.63, 3.8) is 0 Å². The van der Waals surface area contributed by atoms with E-state index < -0.39 is 87.8 Å². The van der Waals surface area contributed by atoms with Crippen LogP contribution in [0.4, 0.5) is 0 Å². The lowest BCUT2D eigenvalue weighted by Gasteiger charge is -2.61. The van der Waals surface area contributed by atoms with Gasteiger partial charge in [0.2, 0.25) is 0 Å². The summed E-state index contributed by atoms with van der Waals surface area (Å²) in [7, 11) is 0. The third-order valence-electron chi connectivity index (χ3n) is 11.5. The number of aliphatic carboxylic acids is 1. The second kappa shape index (κ2) is 9.37. The maximum Gasteiger partial charge on any atom is 0.335 e. The van der Waals surface area contributed by atoms with Gasteiger partial charge in [-0.1, -0.05) is 27.7 Å². The second-order valence-corrected chi connectivity index (χ2v) is 14.0. The molecule has 4 rings (SSSR count). The van der Waals surface area contributed by atoms with Crippen LogP contribution in [0.25, 0.3) is 0 Å². The van der Waals surface area contributed by atoms with E-state index >= 15 is 0 Å². The Bertz CT molecular complexity index is 1220. The molecule has 2 fully saturated rings. The number of allylic oxidation sites excluding steroid dienone is 1. The molecule has 0 radical (unpaired) electrons. The molecule has 4 unspecified atom stereocenters. The lowest BCUT2D eigenvalue weighted by molar-refractivity contribution is -0.165. The number of carbonyl (C=O) groups excluding carboxylic acids is 4. The first-order valence-electron chi connectivity index (χ1n) is 14.0. The smallest absolute Gasteiger partial charge is 0.335 e. The Morgan fingerprint density at radius 3 is 2.23 bits per heavy atom. The molecule has 0 aromatic carbocycles. The van der Waals surface area contributed by atoms with E-state index in [1.807, 2.05) is 6.92 Å². The van der Waals surface area contributed by atoms with Gasteiger partial charge in [0.1, 0.15) is 17.7 Å². The van der Waals surface area contributed by atoms with Gasteiger partial charge in [0.15, 0.2) is 17.2 Å². The zero-order chi connectivity index (χ0) is 30.4. The highest BCUT2D eigenvalue weighted by molar-refractivity contribution is 6.06.